The predicted molar refractivity (Wildman–Crippen MR) is 78.1 cm³/mol. The molecule has 0 N–H and O–H groups in total. The lowest BCUT2D eigenvalue weighted by molar-refractivity contribution is 0.0646. The molecule has 1 aliphatic carbocycles. The van der Waals surface area contributed by atoms with Crippen LogP contribution in [0.25, 0.3) is 0 Å². The van der Waals surface area contributed by atoms with E-state index in [2.05, 4.69) is 15.9 Å². The molecule has 0 saturated heterocycles. The molecule has 19 heavy (non-hydrogen) atoms. The second kappa shape index (κ2) is 7.04. The highest BCUT2D eigenvalue weighted by molar-refractivity contribution is 9.09. The summed E-state index contributed by atoms with van der Waals surface area (Å²) in [6, 6.07) is 6.51. The van der Waals surface area contributed by atoms with E-state index in [4.69, 9.17) is 0 Å². The highest BCUT2D eigenvalue weighted by Gasteiger charge is 2.27. The van der Waals surface area contributed by atoms with Crippen molar-refractivity contribution in [3.05, 3.63) is 35.6 Å². The van der Waals surface area contributed by atoms with E-state index in [1.165, 1.54) is 12.5 Å². The summed E-state index contributed by atoms with van der Waals surface area (Å²) < 4.78 is 13.7. The highest BCUT2D eigenvalue weighted by Crippen LogP contribution is 2.24. The number of alkyl halides is 1. The molecule has 2 rings (SSSR count). The van der Waals surface area contributed by atoms with Crippen molar-refractivity contribution in [3.63, 3.8) is 0 Å². The average molecular weight is 328 g/mol. The van der Waals surface area contributed by atoms with Gasteiger partial charge in [-0.15, -0.1) is 0 Å². The van der Waals surface area contributed by atoms with Crippen LogP contribution in [0.1, 0.15) is 42.5 Å². The SMILES string of the molecule is O=C(c1ccccc1F)N(CCBr)C1CCCCC1. The van der Waals surface area contributed by atoms with E-state index in [0.717, 1.165) is 31.0 Å². The van der Waals surface area contributed by atoms with Crippen molar-refractivity contribution < 1.29 is 9.18 Å². The fraction of sp³-hybridized carbons (Fsp3) is 0.533. The minimum atomic E-state index is -0.428. The fourth-order valence-electron chi connectivity index (χ4n) is 2.72. The molecule has 1 amide bonds. The van der Waals surface area contributed by atoms with Crippen LogP contribution < -0.4 is 0 Å². The third kappa shape index (κ3) is 3.56. The van der Waals surface area contributed by atoms with Gasteiger partial charge in [0, 0.05) is 17.9 Å². The van der Waals surface area contributed by atoms with Gasteiger partial charge in [0.2, 0.25) is 0 Å². The van der Waals surface area contributed by atoms with Crippen molar-refractivity contribution in [2.45, 2.75) is 38.1 Å². The van der Waals surface area contributed by atoms with Crippen LogP contribution in [0.4, 0.5) is 4.39 Å². The second-order valence-corrected chi connectivity index (χ2v) is 5.75. The highest BCUT2D eigenvalue weighted by atomic mass is 79.9. The normalized spacial score (nSPS) is 16.3. The molecule has 1 aromatic carbocycles. The van der Waals surface area contributed by atoms with Gasteiger partial charge >= 0.3 is 0 Å². The zero-order valence-electron chi connectivity index (χ0n) is 10.9. The first-order valence-corrected chi connectivity index (χ1v) is 7.97. The molecule has 4 heteroatoms. The number of hydrogen-bond donors (Lipinski definition) is 0. The molecule has 1 aromatic rings. The third-order valence-corrected chi connectivity index (χ3v) is 4.06. The van der Waals surface area contributed by atoms with E-state index in [9.17, 15) is 9.18 Å². The van der Waals surface area contributed by atoms with Gasteiger partial charge in [-0.1, -0.05) is 47.3 Å². The Kier molecular flexibility index (Phi) is 5.37. The van der Waals surface area contributed by atoms with Crippen LogP contribution in [0, 0.1) is 5.82 Å². The van der Waals surface area contributed by atoms with Crippen molar-refractivity contribution in [3.8, 4) is 0 Å². The zero-order valence-corrected chi connectivity index (χ0v) is 12.5. The first-order chi connectivity index (χ1) is 9.24. The van der Waals surface area contributed by atoms with Crippen molar-refractivity contribution in [2.75, 3.05) is 11.9 Å². The number of benzene rings is 1. The molecule has 1 aliphatic rings. The standard InChI is InChI=1S/C15H19BrFNO/c16-10-11-18(12-6-2-1-3-7-12)15(19)13-8-4-5-9-14(13)17/h4-5,8-9,12H,1-3,6-7,10-11H2. The molecule has 0 heterocycles. The van der Waals surface area contributed by atoms with E-state index in [-0.39, 0.29) is 17.5 Å². The summed E-state index contributed by atoms with van der Waals surface area (Å²) in [7, 11) is 0. The minimum absolute atomic E-state index is 0.176. The molecule has 1 fully saturated rings. The number of nitrogens with zero attached hydrogens (tertiary/aromatic N) is 1. The topological polar surface area (TPSA) is 20.3 Å². The summed E-state index contributed by atoms with van der Waals surface area (Å²) in [6.45, 7) is 0.637. The lowest BCUT2D eigenvalue weighted by atomic mass is 9.93. The predicted octanol–water partition coefficient (Wildman–Crippen LogP) is 4.00. The fourth-order valence-corrected chi connectivity index (χ4v) is 3.11. The van der Waals surface area contributed by atoms with Gasteiger partial charge in [0.1, 0.15) is 5.82 Å². The monoisotopic (exact) mass is 327 g/mol. The lowest BCUT2D eigenvalue weighted by Gasteiger charge is -2.34. The van der Waals surface area contributed by atoms with Crippen molar-refractivity contribution >= 4 is 21.8 Å². The van der Waals surface area contributed by atoms with Gasteiger partial charge in [0.25, 0.3) is 5.91 Å². The smallest absolute Gasteiger partial charge is 0.257 e. The summed E-state index contributed by atoms with van der Waals surface area (Å²) in [5.41, 5.74) is 0.189. The maximum Gasteiger partial charge on any atom is 0.257 e. The van der Waals surface area contributed by atoms with Gasteiger partial charge in [0.05, 0.1) is 5.56 Å². The van der Waals surface area contributed by atoms with Gasteiger partial charge in [-0.05, 0) is 25.0 Å². The van der Waals surface area contributed by atoms with Crippen molar-refractivity contribution in [2.24, 2.45) is 0 Å². The molecule has 0 atom stereocenters. The molecule has 0 bridgehead atoms. The van der Waals surface area contributed by atoms with Crippen LogP contribution in [-0.2, 0) is 0 Å². The van der Waals surface area contributed by atoms with Crippen LogP contribution in [0.3, 0.4) is 0 Å². The van der Waals surface area contributed by atoms with Crippen LogP contribution in [0.15, 0.2) is 24.3 Å². The summed E-state index contributed by atoms with van der Waals surface area (Å²) in [5, 5.41) is 0.726. The number of halogens is 2. The Morgan fingerprint density at radius 1 is 1.26 bits per heavy atom. The van der Waals surface area contributed by atoms with E-state index in [1.54, 1.807) is 18.2 Å². The molecule has 2 nitrogen and oxygen atoms in total. The van der Waals surface area contributed by atoms with E-state index in [1.807, 2.05) is 4.90 Å². The van der Waals surface area contributed by atoms with Gasteiger partial charge in [-0.25, -0.2) is 4.39 Å². The number of rotatable bonds is 4. The van der Waals surface area contributed by atoms with Crippen molar-refractivity contribution in [1.29, 1.82) is 0 Å². The second-order valence-electron chi connectivity index (χ2n) is 4.96. The molecule has 1 saturated carbocycles. The Labute approximate surface area is 122 Å². The van der Waals surface area contributed by atoms with E-state index < -0.39 is 5.82 Å². The molecular weight excluding hydrogens is 309 g/mol. The quantitative estimate of drug-likeness (QED) is 0.765. The first-order valence-electron chi connectivity index (χ1n) is 6.85. The molecule has 0 radical (unpaired) electrons. The molecule has 0 aliphatic heterocycles. The van der Waals surface area contributed by atoms with Gasteiger partial charge in [-0.3, -0.25) is 4.79 Å². The molecule has 0 unspecified atom stereocenters. The van der Waals surface area contributed by atoms with Gasteiger partial charge < -0.3 is 4.90 Å². The molecule has 104 valence electrons. The summed E-state index contributed by atoms with van der Waals surface area (Å²) >= 11 is 3.39. The van der Waals surface area contributed by atoms with Crippen LogP contribution >= 0.6 is 15.9 Å². The Morgan fingerprint density at radius 3 is 2.58 bits per heavy atom. The lowest BCUT2D eigenvalue weighted by Crippen LogP contribution is -2.42. The first kappa shape index (κ1) is 14.5. The maximum atomic E-state index is 13.7. The number of hydrogen-bond acceptors (Lipinski definition) is 1. The molecule has 0 aromatic heterocycles. The molecular formula is C15H19BrFNO. The largest absolute Gasteiger partial charge is 0.335 e. The number of carbonyl (C=O) groups excluding carboxylic acids is 1. The number of amides is 1. The van der Waals surface area contributed by atoms with E-state index in [0.29, 0.717) is 6.54 Å². The van der Waals surface area contributed by atoms with Crippen LogP contribution in [0.5, 0.6) is 0 Å². The summed E-state index contributed by atoms with van der Waals surface area (Å²) in [6.07, 6.45) is 5.63. The van der Waals surface area contributed by atoms with Gasteiger partial charge in [-0.2, -0.15) is 0 Å². The summed E-state index contributed by atoms with van der Waals surface area (Å²) in [4.78, 5) is 14.4. The Morgan fingerprint density at radius 2 is 1.95 bits per heavy atom. The van der Waals surface area contributed by atoms with Gasteiger partial charge in [0.15, 0.2) is 0 Å². The number of carbonyl (C=O) groups is 1. The van der Waals surface area contributed by atoms with Crippen molar-refractivity contribution in [1.82, 2.24) is 4.90 Å². The average Bonchev–Trinajstić information content (AvgIpc) is 2.45. The Hall–Kier alpha value is -0.900. The Bertz CT molecular complexity index is 432. The van der Waals surface area contributed by atoms with Crippen LogP contribution in [0.2, 0.25) is 0 Å². The van der Waals surface area contributed by atoms with Crippen LogP contribution in [-0.4, -0.2) is 28.7 Å². The Balaban J connectivity index is 2.18. The maximum absolute atomic E-state index is 13.7. The third-order valence-electron chi connectivity index (χ3n) is 3.71. The summed E-state index contributed by atoms with van der Waals surface area (Å²) in [5.74, 6) is -0.604. The van der Waals surface area contributed by atoms with E-state index >= 15 is 0 Å². The molecule has 0 spiro atoms. The minimum Gasteiger partial charge on any atom is -0.335 e. The zero-order chi connectivity index (χ0) is 13.7.